The van der Waals surface area contributed by atoms with Crippen molar-refractivity contribution in [3.8, 4) is 0 Å². The number of hydrogen-bond donors (Lipinski definition) is 2. The summed E-state index contributed by atoms with van der Waals surface area (Å²) in [5.41, 5.74) is 0.167. The summed E-state index contributed by atoms with van der Waals surface area (Å²) in [6.07, 6.45) is 4.41. The molecule has 2 N–H and O–H groups in total. The van der Waals surface area contributed by atoms with E-state index in [1.54, 1.807) is 0 Å². The summed E-state index contributed by atoms with van der Waals surface area (Å²) >= 11 is 2.09. The molecule has 1 heterocycles. The predicted octanol–water partition coefficient (Wildman–Crippen LogP) is 2.99. The van der Waals surface area contributed by atoms with E-state index >= 15 is 0 Å². The van der Waals surface area contributed by atoms with Gasteiger partial charge < -0.3 is 10.2 Å². The largest absolute Gasteiger partial charge is 0.478 e. The predicted molar refractivity (Wildman–Crippen MR) is 71.5 cm³/mol. The maximum atomic E-state index is 10.3. The number of aromatic carboxylic acids is 2. The van der Waals surface area contributed by atoms with Crippen LogP contribution in [0.2, 0.25) is 0 Å². The molecule has 0 radical (unpaired) electrons. The van der Waals surface area contributed by atoms with Crippen molar-refractivity contribution in [1.29, 1.82) is 0 Å². The van der Waals surface area contributed by atoms with Crippen molar-refractivity contribution in [2.75, 3.05) is 11.5 Å². The van der Waals surface area contributed by atoms with Crippen molar-refractivity contribution in [1.82, 2.24) is 0 Å². The Morgan fingerprint density at radius 2 is 1.22 bits per heavy atom. The standard InChI is InChI=1S/C8H6O4.C5H10S/c9-7(10)5-1-2-6(4-3-5)8(11)12;1-2-4-6-5-3-1/h1-4H,(H,9,10)(H,11,12);1-5H2. The fraction of sp³-hybridized carbons (Fsp3) is 0.385. The van der Waals surface area contributed by atoms with Gasteiger partial charge >= 0.3 is 11.9 Å². The lowest BCUT2D eigenvalue weighted by Gasteiger charge is -2.05. The van der Waals surface area contributed by atoms with Crippen molar-refractivity contribution in [3.63, 3.8) is 0 Å². The van der Waals surface area contributed by atoms with Crippen molar-refractivity contribution in [3.05, 3.63) is 35.4 Å². The Balaban J connectivity index is 0.000000225. The van der Waals surface area contributed by atoms with E-state index in [0.29, 0.717) is 0 Å². The van der Waals surface area contributed by atoms with Crippen LogP contribution in [0, 0.1) is 0 Å². The molecule has 18 heavy (non-hydrogen) atoms. The molecule has 0 amide bonds. The van der Waals surface area contributed by atoms with Crippen LogP contribution in [-0.4, -0.2) is 33.7 Å². The van der Waals surface area contributed by atoms with E-state index in [9.17, 15) is 9.59 Å². The second kappa shape index (κ2) is 7.76. The number of benzene rings is 1. The summed E-state index contributed by atoms with van der Waals surface area (Å²) in [7, 11) is 0. The second-order valence-electron chi connectivity index (χ2n) is 3.86. The lowest BCUT2D eigenvalue weighted by molar-refractivity contribution is 0.0681. The van der Waals surface area contributed by atoms with E-state index in [1.165, 1.54) is 55.0 Å². The minimum absolute atomic E-state index is 0.0833. The third-order valence-electron chi connectivity index (χ3n) is 2.46. The number of carboxylic acid groups (broad SMARTS) is 2. The fourth-order valence-electron chi connectivity index (χ4n) is 1.44. The van der Waals surface area contributed by atoms with Gasteiger partial charge in [0.25, 0.3) is 0 Å². The zero-order valence-corrected chi connectivity index (χ0v) is 10.8. The van der Waals surface area contributed by atoms with E-state index < -0.39 is 11.9 Å². The molecular weight excluding hydrogens is 252 g/mol. The fourth-order valence-corrected chi connectivity index (χ4v) is 2.46. The normalized spacial score (nSPS) is 14.2. The van der Waals surface area contributed by atoms with E-state index in [0.717, 1.165) is 0 Å². The van der Waals surface area contributed by atoms with Gasteiger partial charge in [-0.15, -0.1) is 0 Å². The Bertz CT molecular complexity index is 351. The quantitative estimate of drug-likeness (QED) is 0.862. The monoisotopic (exact) mass is 268 g/mol. The lowest BCUT2D eigenvalue weighted by Crippen LogP contribution is -1.99. The maximum absolute atomic E-state index is 10.3. The Labute approximate surface area is 110 Å². The highest BCUT2D eigenvalue weighted by Crippen LogP contribution is 2.14. The highest BCUT2D eigenvalue weighted by atomic mass is 32.2. The third-order valence-corrected chi connectivity index (χ3v) is 3.61. The van der Waals surface area contributed by atoms with Crippen LogP contribution in [0.3, 0.4) is 0 Å². The number of hydrogen-bond acceptors (Lipinski definition) is 3. The number of thioether (sulfide) groups is 1. The Morgan fingerprint density at radius 1 is 0.833 bits per heavy atom. The van der Waals surface area contributed by atoms with Crippen LogP contribution in [0.4, 0.5) is 0 Å². The van der Waals surface area contributed by atoms with Gasteiger partial charge in [0.15, 0.2) is 0 Å². The van der Waals surface area contributed by atoms with Gasteiger partial charge in [0.2, 0.25) is 0 Å². The van der Waals surface area contributed by atoms with Gasteiger partial charge in [-0.1, -0.05) is 6.42 Å². The minimum atomic E-state index is -1.06. The molecule has 0 bridgehead atoms. The van der Waals surface area contributed by atoms with Crippen LogP contribution >= 0.6 is 11.8 Å². The van der Waals surface area contributed by atoms with Crippen molar-refractivity contribution >= 4 is 23.7 Å². The molecule has 4 nitrogen and oxygen atoms in total. The molecule has 0 aromatic heterocycles. The summed E-state index contributed by atoms with van der Waals surface area (Å²) in [4.78, 5) is 20.7. The summed E-state index contributed by atoms with van der Waals surface area (Å²) < 4.78 is 0. The van der Waals surface area contributed by atoms with Crippen LogP contribution in [0.15, 0.2) is 24.3 Å². The average Bonchev–Trinajstić information content (AvgIpc) is 2.41. The molecule has 98 valence electrons. The molecule has 1 aromatic carbocycles. The lowest BCUT2D eigenvalue weighted by atomic mass is 10.1. The van der Waals surface area contributed by atoms with E-state index in [-0.39, 0.29) is 11.1 Å². The summed E-state index contributed by atoms with van der Waals surface area (Å²) in [6.45, 7) is 0. The van der Waals surface area contributed by atoms with Gasteiger partial charge in [0.05, 0.1) is 11.1 Å². The summed E-state index contributed by atoms with van der Waals surface area (Å²) in [5.74, 6) is 0.707. The van der Waals surface area contributed by atoms with Gasteiger partial charge in [-0.05, 0) is 48.6 Å². The Hall–Kier alpha value is -1.49. The number of rotatable bonds is 2. The first-order valence-electron chi connectivity index (χ1n) is 5.75. The van der Waals surface area contributed by atoms with E-state index in [4.69, 9.17) is 10.2 Å². The second-order valence-corrected chi connectivity index (χ2v) is 5.09. The minimum Gasteiger partial charge on any atom is -0.478 e. The van der Waals surface area contributed by atoms with E-state index in [1.807, 2.05) is 0 Å². The smallest absolute Gasteiger partial charge is 0.335 e. The highest BCUT2D eigenvalue weighted by Gasteiger charge is 2.04. The van der Waals surface area contributed by atoms with Crippen molar-refractivity contribution in [2.45, 2.75) is 19.3 Å². The maximum Gasteiger partial charge on any atom is 0.335 e. The average molecular weight is 268 g/mol. The van der Waals surface area contributed by atoms with Gasteiger partial charge in [0.1, 0.15) is 0 Å². The van der Waals surface area contributed by atoms with Gasteiger partial charge in [0, 0.05) is 0 Å². The Kier molecular flexibility index (Phi) is 6.28. The van der Waals surface area contributed by atoms with Gasteiger partial charge in [-0.2, -0.15) is 11.8 Å². The van der Waals surface area contributed by atoms with Crippen LogP contribution in [0.5, 0.6) is 0 Å². The van der Waals surface area contributed by atoms with Crippen LogP contribution < -0.4 is 0 Å². The van der Waals surface area contributed by atoms with Crippen molar-refractivity contribution < 1.29 is 19.8 Å². The molecule has 0 saturated carbocycles. The third kappa shape index (κ3) is 5.23. The zero-order chi connectivity index (χ0) is 13.4. The molecule has 0 atom stereocenters. The first-order valence-corrected chi connectivity index (χ1v) is 6.91. The van der Waals surface area contributed by atoms with Crippen LogP contribution in [0.25, 0.3) is 0 Å². The molecule has 0 spiro atoms. The zero-order valence-electron chi connectivity index (χ0n) is 9.96. The molecule has 0 aliphatic carbocycles. The molecule has 0 unspecified atom stereocenters. The first-order chi connectivity index (χ1) is 8.61. The summed E-state index contributed by atoms with van der Waals surface area (Å²) in [6, 6.07) is 5.02. The Morgan fingerprint density at radius 3 is 1.39 bits per heavy atom. The molecule has 1 aromatic rings. The molecule has 1 aliphatic heterocycles. The van der Waals surface area contributed by atoms with Crippen LogP contribution in [-0.2, 0) is 0 Å². The molecular formula is C13H16O4S. The van der Waals surface area contributed by atoms with Crippen LogP contribution in [0.1, 0.15) is 40.0 Å². The topological polar surface area (TPSA) is 74.6 Å². The first kappa shape index (κ1) is 14.6. The molecule has 2 rings (SSSR count). The molecule has 5 heteroatoms. The number of carboxylic acids is 2. The van der Waals surface area contributed by atoms with Crippen molar-refractivity contribution in [2.24, 2.45) is 0 Å². The summed E-state index contributed by atoms with van der Waals surface area (Å²) in [5, 5.41) is 16.9. The highest BCUT2D eigenvalue weighted by molar-refractivity contribution is 7.99. The van der Waals surface area contributed by atoms with E-state index in [2.05, 4.69) is 11.8 Å². The molecule has 1 fully saturated rings. The number of carbonyl (C=O) groups is 2. The van der Waals surface area contributed by atoms with Gasteiger partial charge in [-0.25, -0.2) is 9.59 Å². The molecule has 1 aliphatic rings. The molecule has 1 saturated heterocycles. The SMILES string of the molecule is C1CCSCC1.O=C(O)c1ccc(C(=O)O)cc1. The van der Waals surface area contributed by atoms with Gasteiger partial charge in [-0.3, -0.25) is 0 Å².